The molecule has 0 spiro atoms. The molecule has 0 radical (unpaired) electrons. The van der Waals surface area contributed by atoms with Crippen molar-refractivity contribution in [1.29, 1.82) is 0 Å². The van der Waals surface area contributed by atoms with E-state index in [-0.39, 0.29) is 62.4 Å². The van der Waals surface area contributed by atoms with Gasteiger partial charge in [0, 0.05) is 77.9 Å². The van der Waals surface area contributed by atoms with Crippen molar-refractivity contribution in [2.24, 2.45) is 5.73 Å². The molecule has 23 nitrogen and oxygen atoms in total. The van der Waals surface area contributed by atoms with Gasteiger partial charge >= 0.3 is 0 Å². The molecule has 0 saturated carbocycles. The molecular weight excluding hydrogens is 1010 g/mol. The first kappa shape index (κ1) is 53.4. The zero-order valence-corrected chi connectivity index (χ0v) is 41.8. The van der Waals surface area contributed by atoms with Gasteiger partial charge in [-0.3, -0.25) is 33.6 Å². The number of aliphatic hydroxyl groups is 4. The molecular formula is C54H54N2O21. The molecule has 2 saturated heterocycles. The number of carbonyl (C=O) groups is 7. The SMILES string of the molecule is COc1cccc2c1C(=O)c1c(O)c3c(c(O)c1C2=O)CC(O)(C(=O)CO)CC3OC1CC(NCC(=O)C2(O)Cc3c(O)c4c(c(O)c3C(OC3CC(N)C(O)C(C)O3)C2)C(=O)c2c(OC)cccc2C4=O)C(=O)C(C)O1. The van der Waals surface area contributed by atoms with E-state index >= 15 is 0 Å². The van der Waals surface area contributed by atoms with Crippen molar-refractivity contribution in [3.63, 3.8) is 0 Å². The summed E-state index contributed by atoms with van der Waals surface area (Å²) in [6, 6.07) is 6.21. The van der Waals surface area contributed by atoms with Crippen LogP contribution in [-0.2, 0) is 46.2 Å². The Morgan fingerprint density at radius 3 is 1.57 bits per heavy atom. The highest BCUT2D eigenvalue weighted by molar-refractivity contribution is 6.32. The average molecular weight is 1070 g/mol. The highest BCUT2D eigenvalue weighted by Gasteiger charge is 2.53. The lowest BCUT2D eigenvalue weighted by Gasteiger charge is -2.42. The molecule has 4 aromatic rings. The van der Waals surface area contributed by atoms with E-state index < -0.39 is 197 Å². The first-order chi connectivity index (χ1) is 36.5. The first-order valence-corrected chi connectivity index (χ1v) is 24.7. The Balaban J connectivity index is 0.950. The zero-order valence-electron chi connectivity index (χ0n) is 41.8. The van der Waals surface area contributed by atoms with E-state index in [4.69, 9.17) is 34.2 Å². The highest BCUT2D eigenvalue weighted by atomic mass is 16.7. The number of rotatable bonds is 12. The maximum absolute atomic E-state index is 14.5. The van der Waals surface area contributed by atoms with E-state index in [1.165, 1.54) is 64.5 Å². The minimum absolute atomic E-state index is 0.00700. The van der Waals surface area contributed by atoms with Gasteiger partial charge in [0.2, 0.25) is 11.6 Å². The van der Waals surface area contributed by atoms with Crippen molar-refractivity contribution >= 4 is 40.5 Å². The van der Waals surface area contributed by atoms with Gasteiger partial charge in [-0.2, -0.15) is 0 Å². The predicted molar refractivity (Wildman–Crippen MR) is 259 cm³/mol. The summed E-state index contributed by atoms with van der Waals surface area (Å²) in [5, 5.41) is 95.2. The zero-order chi connectivity index (χ0) is 55.5. The number of fused-ring (bicyclic) bond motifs is 6. The number of phenols is 4. The number of aliphatic hydroxyl groups excluding tert-OH is 2. The molecule has 0 bridgehead atoms. The molecule has 11 unspecified atom stereocenters. The van der Waals surface area contributed by atoms with Crippen molar-refractivity contribution in [2.45, 2.75) is 119 Å². The Bertz CT molecular complexity index is 3250. The number of benzene rings is 4. The van der Waals surface area contributed by atoms with Crippen LogP contribution in [0.15, 0.2) is 36.4 Å². The Morgan fingerprint density at radius 2 is 1.12 bits per heavy atom. The molecule has 10 rings (SSSR count). The number of aromatic hydroxyl groups is 4. The quantitative estimate of drug-likeness (QED) is 0.0760. The smallest absolute Gasteiger partial charge is 0.202 e. The third kappa shape index (κ3) is 8.39. The number of phenolic OH excluding ortho intramolecular Hbond substituents is 4. The van der Waals surface area contributed by atoms with Crippen molar-refractivity contribution in [1.82, 2.24) is 5.32 Å². The van der Waals surface area contributed by atoms with Crippen LogP contribution in [0.5, 0.6) is 34.5 Å². The molecule has 0 aromatic heterocycles. The molecule has 11 N–H and O–H groups in total. The van der Waals surface area contributed by atoms with Crippen LogP contribution < -0.4 is 20.5 Å². The second-order valence-electron chi connectivity index (χ2n) is 20.3. The summed E-state index contributed by atoms with van der Waals surface area (Å²) in [5.74, 6) is -9.54. The number of nitrogens with two attached hydrogens (primary N) is 1. The number of ketones is 7. The Morgan fingerprint density at radius 1 is 0.662 bits per heavy atom. The van der Waals surface area contributed by atoms with Gasteiger partial charge in [-0.1, -0.05) is 24.3 Å². The molecule has 0 amide bonds. The Hall–Kier alpha value is -7.03. The van der Waals surface area contributed by atoms with E-state index in [1.54, 1.807) is 0 Å². The largest absolute Gasteiger partial charge is 0.507 e. The fraction of sp³-hybridized carbons (Fsp3) is 0.426. The standard InChI is InChI=1S/C54H54N2O21/c1-19-43(60)25(55)11-33(74-19)76-29-15-53(70,13-23-37(29)51(68)41-39(47(23)64)45(62)21-7-5-9-27(72-3)35(21)49(41)66)31(58)17-56-26-12-34(75-20(2)44(26)61)77-30-16-54(71,32(59)18-57)14-24-38(30)52(69)42-40(48(24)65)46(63)22-8-6-10-28(73-4)36(22)50(42)67/h5-10,19-20,25-26,29-30,33-34,43,56-57,60,64-65,68-71H,11-18,55H2,1-4H3. The van der Waals surface area contributed by atoms with Crippen LogP contribution in [0.25, 0.3) is 0 Å². The van der Waals surface area contributed by atoms with Crippen LogP contribution >= 0.6 is 0 Å². The minimum atomic E-state index is -2.51. The van der Waals surface area contributed by atoms with Crippen LogP contribution in [0, 0.1) is 0 Å². The van der Waals surface area contributed by atoms with E-state index in [9.17, 15) is 74.4 Å². The van der Waals surface area contributed by atoms with E-state index in [0.717, 1.165) is 0 Å². The number of nitrogens with one attached hydrogen (secondary N) is 1. The fourth-order valence-electron chi connectivity index (χ4n) is 11.8. The second-order valence-corrected chi connectivity index (χ2v) is 20.3. The molecule has 23 heteroatoms. The lowest BCUT2D eigenvalue weighted by atomic mass is 9.71. The number of ether oxygens (including phenoxy) is 6. The molecule has 406 valence electrons. The summed E-state index contributed by atoms with van der Waals surface area (Å²) in [7, 11) is 2.54. The van der Waals surface area contributed by atoms with Gasteiger partial charge < -0.3 is 80.3 Å². The fourth-order valence-corrected chi connectivity index (χ4v) is 11.8. The van der Waals surface area contributed by atoms with Crippen LogP contribution in [-0.4, -0.2) is 163 Å². The predicted octanol–water partition coefficient (Wildman–Crippen LogP) is 0.863. The van der Waals surface area contributed by atoms with Crippen molar-refractivity contribution in [3.05, 3.63) is 103 Å². The second kappa shape index (κ2) is 19.5. The normalized spacial score (nSPS) is 29.4. The molecule has 11 atom stereocenters. The number of hydrogen-bond acceptors (Lipinski definition) is 23. The monoisotopic (exact) mass is 1070 g/mol. The molecule has 2 fully saturated rings. The lowest BCUT2D eigenvalue weighted by Crippen LogP contribution is -2.56. The van der Waals surface area contributed by atoms with Crippen molar-refractivity contribution in [3.8, 4) is 34.5 Å². The third-order valence-corrected chi connectivity index (χ3v) is 15.8. The first-order valence-electron chi connectivity index (χ1n) is 24.7. The van der Waals surface area contributed by atoms with Gasteiger partial charge in [-0.05, 0) is 26.0 Å². The molecule has 2 aliphatic heterocycles. The number of hydrogen-bond donors (Lipinski definition) is 10. The molecule has 6 aliphatic rings. The summed E-state index contributed by atoms with van der Waals surface area (Å²) in [5.41, 5.74) is -3.13. The van der Waals surface area contributed by atoms with Gasteiger partial charge in [0.15, 0.2) is 41.5 Å². The van der Waals surface area contributed by atoms with E-state index in [0.29, 0.717) is 0 Å². The summed E-state index contributed by atoms with van der Waals surface area (Å²) in [4.78, 5) is 97.9. The van der Waals surface area contributed by atoms with Gasteiger partial charge in [-0.15, -0.1) is 0 Å². The van der Waals surface area contributed by atoms with Gasteiger partial charge in [0.05, 0.1) is 84.6 Å². The third-order valence-electron chi connectivity index (χ3n) is 15.8. The van der Waals surface area contributed by atoms with Crippen molar-refractivity contribution < 1.29 is 103 Å². The summed E-state index contributed by atoms with van der Waals surface area (Å²) in [6.07, 6.45) is -12.6. The molecule has 2 heterocycles. The van der Waals surface area contributed by atoms with Crippen LogP contribution in [0.4, 0.5) is 0 Å². The summed E-state index contributed by atoms with van der Waals surface area (Å²) >= 11 is 0. The van der Waals surface area contributed by atoms with Gasteiger partial charge in [0.25, 0.3) is 0 Å². The van der Waals surface area contributed by atoms with Gasteiger partial charge in [-0.25, -0.2) is 0 Å². The van der Waals surface area contributed by atoms with Crippen LogP contribution in [0.3, 0.4) is 0 Å². The topological polar surface area (TPSA) is 375 Å². The Labute approximate surface area is 437 Å². The summed E-state index contributed by atoms with van der Waals surface area (Å²) < 4.78 is 35.1. The molecule has 4 aliphatic carbocycles. The lowest BCUT2D eigenvalue weighted by molar-refractivity contribution is -0.247. The van der Waals surface area contributed by atoms with Crippen LogP contribution in [0.2, 0.25) is 0 Å². The molecule has 77 heavy (non-hydrogen) atoms. The summed E-state index contributed by atoms with van der Waals surface area (Å²) in [6.45, 7) is 0.934. The van der Waals surface area contributed by atoms with Crippen molar-refractivity contribution in [2.75, 3.05) is 27.4 Å². The maximum atomic E-state index is 14.5. The number of carbonyl (C=O) groups excluding carboxylic acids is 7. The average Bonchev–Trinajstić information content (AvgIpc) is 3.53. The molecule has 4 aromatic carbocycles. The maximum Gasteiger partial charge on any atom is 0.202 e. The number of Topliss-reactive ketones (excluding diaryl/α,β-unsaturated/α-hetero) is 3. The van der Waals surface area contributed by atoms with Crippen LogP contribution in [0.1, 0.15) is 138 Å². The van der Waals surface area contributed by atoms with E-state index in [2.05, 4.69) is 5.32 Å². The van der Waals surface area contributed by atoms with Gasteiger partial charge in [0.1, 0.15) is 58.4 Å². The highest BCUT2D eigenvalue weighted by Crippen LogP contribution is 2.55. The Kier molecular flexibility index (Phi) is 13.5. The minimum Gasteiger partial charge on any atom is -0.507 e. The van der Waals surface area contributed by atoms with E-state index in [1.807, 2.05) is 0 Å². The number of methoxy groups -OCH3 is 2.